The van der Waals surface area contributed by atoms with Gasteiger partial charge >= 0.3 is 11.9 Å². The Kier molecular flexibility index (Phi) is 3.92. The van der Waals surface area contributed by atoms with Gasteiger partial charge in [0.1, 0.15) is 0 Å². The fraction of sp³-hybridized carbons (Fsp3) is 0.800. The van der Waals surface area contributed by atoms with Crippen LogP contribution in [-0.2, 0) is 14.3 Å². The largest absolute Gasteiger partial charge is 0.481 e. The first kappa shape index (κ1) is 11.0. The average molecular weight is 200 g/mol. The number of esters is 1. The van der Waals surface area contributed by atoms with Crippen LogP contribution in [-0.4, -0.2) is 24.2 Å². The quantitative estimate of drug-likeness (QED) is 0.700. The lowest BCUT2D eigenvalue weighted by atomic mass is 9.80. The van der Waals surface area contributed by atoms with Crippen LogP contribution in [0.3, 0.4) is 0 Å². The summed E-state index contributed by atoms with van der Waals surface area (Å²) in [7, 11) is 1.38. The third kappa shape index (κ3) is 3.01. The molecule has 0 heterocycles. The van der Waals surface area contributed by atoms with Crippen molar-refractivity contribution in [3.63, 3.8) is 0 Å². The topological polar surface area (TPSA) is 63.6 Å². The highest BCUT2D eigenvalue weighted by atomic mass is 16.5. The van der Waals surface area contributed by atoms with Gasteiger partial charge in [-0.3, -0.25) is 9.59 Å². The molecule has 1 aliphatic rings. The van der Waals surface area contributed by atoms with E-state index in [0.717, 1.165) is 19.3 Å². The Morgan fingerprint density at radius 3 is 2.71 bits per heavy atom. The maximum atomic E-state index is 11.2. The number of methoxy groups -OCH3 is 1. The molecule has 0 bridgehead atoms. The molecule has 0 aromatic carbocycles. The molecule has 1 fully saturated rings. The van der Waals surface area contributed by atoms with Crippen LogP contribution in [0.25, 0.3) is 0 Å². The summed E-state index contributed by atoms with van der Waals surface area (Å²) in [5, 5.41) is 8.63. The van der Waals surface area contributed by atoms with Gasteiger partial charge in [0, 0.05) is 6.42 Å². The minimum Gasteiger partial charge on any atom is -0.481 e. The van der Waals surface area contributed by atoms with Crippen LogP contribution >= 0.6 is 0 Å². The Morgan fingerprint density at radius 2 is 2.14 bits per heavy atom. The van der Waals surface area contributed by atoms with Gasteiger partial charge in [0.15, 0.2) is 0 Å². The lowest BCUT2D eigenvalue weighted by Gasteiger charge is -2.26. The van der Waals surface area contributed by atoms with E-state index in [-0.39, 0.29) is 24.2 Å². The van der Waals surface area contributed by atoms with E-state index in [9.17, 15) is 9.59 Å². The van der Waals surface area contributed by atoms with E-state index in [1.165, 1.54) is 7.11 Å². The van der Waals surface area contributed by atoms with Crippen molar-refractivity contribution in [2.45, 2.75) is 32.1 Å². The Bertz CT molecular complexity index is 224. The van der Waals surface area contributed by atoms with E-state index in [0.29, 0.717) is 6.42 Å². The molecule has 1 aliphatic carbocycles. The Morgan fingerprint density at radius 1 is 1.43 bits per heavy atom. The van der Waals surface area contributed by atoms with E-state index in [1.807, 2.05) is 0 Å². The van der Waals surface area contributed by atoms with Crippen LogP contribution in [0.1, 0.15) is 32.1 Å². The molecule has 0 amide bonds. The third-order valence-corrected chi connectivity index (χ3v) is 2.78. The van der Waals surface area contributed by atoms with E-state index in [1.54, 1.807) is 0 Å². The predicted molar refractivity (Wildman–Crippen MR) is 49.7 cm³/mol. The molecule has 0 radical (unpaired) electrons. The number of rotatable bonds is 3. The van der Waals surface area contributed by atoms with Gasteiger partial charge in [0.2, 0.25) is 0 Å². The molecule has 2 atom stereocenters. The molecule has 0 aliphatic heterocycles. The summed E-state index contributed by atoms with van der Waals surface area (Å²) >= 11 is 0. The van der Waals surface area contributed by atoms with Crippen molar-refractivity contribution in [2.75, 3.05) is 7.11 Å². The molecule has 14 heavy (non-hydrogen) atoms. The van der Waals surface area contributed by atoms with Crippen LogP contribution in [0.15, 0.2) is 0 Å². The normalized spacial score (nSPS) is 26.9. The van der Waals surface area contributed by atoms with Crippen molar-refractivity contribution in [3.8, 4) is 0 Å². The minimum atomic E-state index is -0.777. The molecule has 4 nitrogen and oxygen atoms in total. The van der Waals surface area contributed by atoms with E-state index >= 15 is 0 Å². The molecular weight excluding hydrogens is 184 g/mol. The van der Waals surface area contributed by atoms with Crippen LogP contribution in [0.5, 0.6) is 0 Å². The second kappa shape index (κ2) is 4.98. The molecule has 0 spiro atoms. The van der Waals surface area contributed by atoms with Crippen molar-refractivity contribution in [2.24, 2.45) is 11.8 Å². The van der Waals surface area contributed by atoms with Gasteiger partial charge in [0.05, 0.1) is 13.0 Å². The first-order chi connectivity index (χ1) is 6.63. The van der Waals surface area contributed by atoms with E-state index in [2.05, 4.69) is 4.74 Å². The van der Waals surface area contributed by atoms with E-state index in [4.69, 9.17) is 5.11 Å². The molecule has 80 valence electrons. The second-order valence-corrected chi connectivity index (χ2v) is 3.85. The zero-order valence-electron chi connectivity index (χ0n) is 8.36. The van der Waals surface area contributed by atoms with Gasteiger partial charge in [0.25, 0.3) is 0 Å². The maximum absolute atomic E-state index is 11.2. The molecule has 0 aromatic rings. The second-order valence-electron chi connectivity index (χ2n) is 3.85. The SMILES string of the molecule is COC(=O)[C@H]1CCC[C@@H](CC(=O)O)C1. The number of ether oxygens (including phenoxy) is 1. The van der Waals surface area contributed by atoms with Crippen LogP contribution in [0, 0.1) is 11.8 Å². The zero-order valence-corrected chi connectivity index (χ0v) is 8.36. The highest BCUT2D eigenvalue weighted by molar-refractivity contribution is 5.72. The number of hydrogen-bond acceptors (Lipinski definition) is 3. The molecular formula is C10H16O4. The first-order valence-corrected chi connectivity index (χ1v) is 4.93. The summed E-state index contributed by atoms with van der Waals surface area (Å²) in [4.78, 5) is 21.7. The van der Waals surface area contributed by atoms with Crippen molar-refractivity contribution in [3.05, 3.63) is 0 Å². The molecule has 0 aromatic heterocycles. The number of carboxylic acid groups (broad SMARTS) is 1. The first-order valence-electron chi connectivity index (χ1n) is 4.93. The average Bonchev–Trinajstić information content (AvgIpc) is 2.16. The zero-order chi connectivity index (χ0) is 10.6. The van der Waals surface area contributed by atoms with Crippen LogP contribution in [0.4, 0.5) is 0 Å². The summed E-state index contributed by atoms with van der Waals surface area (Å²) in [5.41, 5.74) is 0. The van der Waals surface area contributed by atoms with Crippen LogP contribution in [0.2, 0.25) is 0 Å². The number of hydrogen-bond donors (Lipinski definition) is 1. The lowest BCUT2D eigenvalue weighted by Crippen LogP contribution is -2.25. The molecule has 1 rings (SSSR count). The Balaban J connectivity index is 2.43. The minimum absolute atomic E-state index is 0.0851. The molecule has 0 saturated heterocycles. The fourth-order valence-electron chi connectivity index (χ4n) is 2.10. The summed E-state index contributed by atoms with van der Waals surface area (Å²) < 4.78 is 4.66. The summed E-state index contributed by atoms with van der Waals surface area (Å²) in [5.74, 6) is -0.913. The van der Waals surface area contributed by atoms with Gasteiger partial charge in [-0.15, -0.1) is 0 Å². The standard InChI is InChI=1S/C10H16O4/c1-14-10(13)8-4-2-3-7(5-8)6-9(11)12/h7-8H,2-6H2,1H3,(H,11,12)/t7-,8+/m1/s1. The Labute approximate surface area is 83.2 Å². The molecule has 0 unspecified atom stereocenters. The fourth-order valence-corrected chi connectivity index (χ4v) is 2.10. The maximum Gasteiger partial charge on any atom is 0.308 e. The molecule has 1 saturated carbocycles. The van der Waals surface area contributed by atoms with Crippen LogP contribution < -0.4 is 0 Å². The number of carbonyl (C=O) groups is 2. The number of carboxylic acids is 1. The van der Waals surface area contributed by atoms with Gasteiger partial charge < -0.3 is 9.84 Å². The van der Waals surface area contributed by atoms with Gasteiger partial charge in [-0.05, 0) is 25.2 Å². The van der Waals surface area contributed by atoms with Crippen molar-refractivity contribution < 1.29 is 19.4 Å². The van der Waals surface area contributed by atoms with E-state index < -0.39 is 5.97 Å². The summed E-state index contributed by atoms with van der Waals surface area (Å²) in [6.45, 7) is 0. The van der Waals surface area contributed by atoms with Gasteiger partial charge in [-0.25, -0.2) is 0 Å². The lowest BCUT2D eigenvalue weighted by molar-refractivity contribution is -0.148. The van der Waals surface area contributed by atoms with Crippen molar-refractivity contribution in [1.29, 1.82) is 0 Å². The van der Waals surface area contributed by atoms with Gasteiger partial charge in [-0.2, -0.15) is 0 Å². The number of carbonyl (C=O) groups excluding carboxylic acids is 1. The molecule has 1 N–H and O–H groups in total. The monoisotopic (exact) mass is 200 g/mol. The summed E-state index contributed by atoms with van der Waals surface area (Å²) in [6, 6.07) is 0. The summed E-state index contributed by atoms with van der Waals surface area (Å²) in [6.07, 6.45) is 3.52. The number of aliphatic carboxylic acids is 1. The Hall–Kier alpha value is -1.06. The highest BCUT2D eigenvalue weighted by Crippen LogP contribution is 2.31. The van der Waals surface area contributed by atoms with Crippen molar-refractivity contribution in [1.82, 2.24) is 0 Å². The highest BCUT2D eigenvalue weighted by Gasteiger charge is 2.28. The molecule has 4 heteroatoms. The van der Waals surface area contributed by atoms with Gasteiger partial charge in [-0.1, -0.05) is 6.42 Å². The smallest absolute Gasteiger partial charge is 0.308 e. The third-order valence-electron chi connectivity index (χ3n) is 2.78. The predicted octanol–water partition coefficient (Wildman–Crippen LogP) is 1.44. The van der Waals surface area contributed by atoms with Crippen molar-refractivity contribution >= 4 is 11.9 Å².